The molecule has 1 N–H and O–H groups in total. The summed E-state index contributed by atoms with van der Waals surface area (Å²) in [6, 6.07) is 9.43. The van der Waals surface area contributed by atoms with Crippen LogP contribution in [0, 0.1) is 26.6 Å². The molecule has 0 bridgehead atoms. The van der Waals surface area contributed by atoms with Crippen LogP contribution in [0.2, 0.25) is 0 Å². The van der Waals surface area contributed by atoms with Crippen molar-refractivity contribution in [2.24, 2.45) is 0 Å². The number of hydrogen-bond donors (Lipinski definition) is 1. The Morgan fingerprint density at radius 2 is 1.71 bits per heavy atom. The molecule has 1 unspecified atom stereocenters. The molecule has 0 aliphatic heterocycles. The summed E-state index contributed by atoms with van der Waals surface area (Å²) in [4.78, 5) is 0. The fourth-order valence-electron chi connectivity index (χ4n) is 2.89. The summed E-state index contributed by atoms with van der Waals surface area (Å²) >= 11 is 3.42. The van der Waals surface area contributed by atoms with Gasteiger partial charge >= 0.3 is 0 Å². The standard InChI is InChI=1S/C18H21BrFN/c1-11-7-12(2)15(13(3)8-11)10-18(21-4)16-9-14(19)5-6-17(16)20/h5-9,18,21H,10H2,1-4H3. The second-order valence-electron chi connectivity index (χ2n) is 5.59. The summed E-state index contributed by atoms with van der Waals surface area (Å²) in [5.74, 6) is -0.167. The predicted octanol–water partition coefficient (Wildman–Crippen LogP) is 5.02. The van der Waals surface area contributed by atoms with Gasteiger partial charge in [-0.15, -0.1) is 0 Å². The summed E-state index contributed by atoms with van der Waals surface area (Å²) in [6.45, 7) is 6.35. The Labute approximate surface area is 134 Å². The molecule has 0 amide bonds. The van der Waals surface area contributed by atoms with E-state index in [0.717, 1.165) is 10.9 Å². The number of hydrogen-bond acceptors (Lipinski definition) is 1. The third-order valence-corrected chi connectivity index (χ3v) is 4.42. The number of halogens is 2. The summed E-state index contributed by atoms with van der Waals surface area (Å²) in [7, 11) is 1.88. The first-order valence-electron chi connectivity index (χ1n) is 7.11. The highest BCUT2D eigenvalue weighted by Crippen LogP contribution is 2.27. The first kappa shape index (κ1) is 16.2. The van der Waals surface area contributed by atoms with Gasteiger partial charge in [-0.05, 0) is 69.1 Å². The molecule has 0 heterocycles. The Bertz CT molecular complexity index is 629. The number of benzene rings is 2. The van der Waals surface area contributed by atoms with Gasteiger partial charge in [0.1, 0.15) is 5.82 Å². The van der Waals surface area contributed by atoms with Crippen LogP contribution < -0.4 is 5.32 Å². The van der Waals surface area contributed by atoms with Crippen LogP contribution in [-0.4, -0.2) is 7.05 Å². The van der Waals surface area contributed by atoms with Crippen molar-refractivity contribution in [3.63, 3.8) is 0 Å². The van der Waals surface area contributed by atoms with Crippen LogP contribution in [-0.2, 0) is 6.42 Å². The van der Waals surface area contributed by atoms with E-state index in [4.69, 9.17) is 0 Å². The molecule has 3 heteroatoms. The molecule has 1 atom stereocenters. The zero-order chi connectivity index (χ0) is 15.6. The first-order chi connectivity index (χ1) is 9.92. The lowest BCUT2D eigenvalue weighted by molar-refractivity contribution is 0.532. The number of nitrogens with one attached hydrogen (secondary N) is 1. The second kappa shape index (κ2) is 6.71. The molecular formula is C18H21BrFN. The van der Waals surface area contributed by atoms with Gasteiger partial charge in [0.25, 0.3) is 0 Å². The normalized spacial score (nSPS) is 12.5. The van der Waals surface area contributed by atoms with Gasteiger partial charge < -0.3 is 5.32 Å². The molecule has 2 rings (SSSR count). The molecule has 0 saturated carbocycles. The molecule has 0 saturated heterocycles. The largest absolute Gasteiger partial charge is 0.313 e. The van der Waals surface area contributed by atoms with Crippen molar-refractivity contribution in [3.8, 4) is 0 Å². The number of aryl methyl sites for hydroxylation is 3. The average Bonchev–Trinajstić information content (AvgIpc) is 2.41. The highest BCUT2D eigenvalue weighted by Gasteiger charge is 2.17. The van der Waals surface area contributed by atoms with Gasteiger partial charge in [0.05, 0.1) is 0 Å². The quantitative estimate of drug-likeness (QED) is 0.817. The lowest BCUT2D eigenvalue weighted by atomic mass is 9.91. The van der Waals surface area contributed by atoms with Gasteiger partial charge in [-0.1, -0.05) is 33.6 Å². The van der Waals surface area contributed by atoms with Gasteiger partial charge in [0, 0.05) is 16.1 Å². The van der Waals surface area contributed by atoms with E-state index < -0.39 is 0 Å². The van der Waals surface area contributed by atoms with Crippen LogP contribution in [0.4, 0.5) is 4.39 Å². The summed E-state index contributed by atoms with van der Waals surface area (Å²) in [5.41, 5.74) is 5.79. The summed E-state index contributed by atoms with van der Waals surface area (Å²) in [5, 5.41) is 3.24. The van der Waals surface area contributed by atoms with Crippen molar-refractivity contribution in [1.82, 2.24) is 5.32 Å². The molecule has 112 valence electrons. The van der Waals surface area contributed by atoms with Crippen molar-refractivity contribution in [3.05, 3.63) is 68.4 Å². The van der Waals surface area contributed by atoms with E-state index >= 15 is 0 Å². The summed E-state index contributed by atoms with van der Waals surface area (Å²) in [6.07, 6.45) is 0.780. The minimum absolute atomic E-state index is 0.0393. The highest BCUT2D eigenvalue weighted by atomic mass is 79.9. The minimum Gasteiger partial charge on any atom is -0.313 e. The van der Waals surface area contributed by atoms with E-state index in [1.54, 1.807) is 6.07 Å². The molecule has 21 heavy (non-hydrogen) atoms. The smallest absolute Gasteiger partial charge is 0.128 e. The van der Waals surface area contributed by atoms with Crippen LogP contribution in [0.15, 0.2) is 34.8 Å². The van der Waals surface area contributed by atoms with Crippen LogP contribution in [0.5, 0.6) is 0 Å². The molecule has 2 aromatic rings. The van der Waals surface area contributed by atoms with Crippen molar-refractivity contribution >= 4 is 15.9 Å². The fourth-order valence-corrected chi connectivity index (χ4v) is 3.26. The highest BCUT2D eigenvalue weighted by molar-refractivity contribution is 9.10. The molecule has 0 fully saturated rings. The number of likely N-dealkylation sites (N-methyl/N-ethyl adjacent to an activating group) is 1. The molecule has 0 aromatic heterocycles. The number of rotatable bonds is 4. The Hall–Kier alpha value is -1.19. The molecule has 0 aliphatic rings. The van der Waals surface area contributed by atoms with E-state index in [9.17, 15) is 4.39 Å². The van der Waals surface area contributed by atoms with Gasteiger partial charge in [-0.2, -0.15) is 0 Å². The SMILES string of the molecule is CNC(Cc1c(C)cc(C)cc1C)c1cc(Br)ccc1F. The van der Waals surface area contributed by atoms with Gasteiger partial charge in [0.2, 0.25) is 0 Å². The Morgan fingerprint density at radius 1 is 1.10 bits per heavy atom. The predicted molar refractivity (Wildman–Crippen MR) is 90.3 cm³/mol. The van der Waals surface area contributed by atoms with E-state index in [1.165, 1.54) is 28.3 Å². The van der Waals surface area contributed by atoms with Crippen molar-refractivity contribution < 1.29 is 4.39 Å². The third kappa shape index (κ3) is 3.72. The van der Waals surface area contributed by atoms with Crippen LogP contribution in [0.3, 0.4) is 0 Å². The van der Waals surface area contributed by atoms with E-state index in [1.807, 2.05) is 13.1 Å². The van der Waals surface area contributed by atoms with Gasteiger partial charge in [-0.3, -0.25) is 0 Å². The van der Waals surface area contributed by atoms with E-state index in [2.05, 4.69) is 54.2 Å². The zero-order valence-corrected chi connectivity index (χ0v) is 14.5. The monoisotopic (exact) mass is 349 g/mol. The lowest BCUT2D eigenvalue weighted by Gasteiger charge is -2.21. The van der Waals surface area contributed by atoms with Crippen molar-refractivity contribution in [2.75, 3.05) is 7.05 Å². The first-order valence-corrected chi connectivity index (χ1v) is 7.90. The molecule has 1 nitrogen and oxygen atoms in total. The maximum absolute atomic E-state index is 14.1. The second-order valence-corrected chi connectivity index (χ2v) is 6.50. The molecular weight excluding hydrogens is 329 g/mol. The molecule has 0 radical (unpaired) electrons. The maximum Gasteiger partial charge on any atom is 0.128 e. The fraction of sp³-hybridized carbons (Fsp3) is 0.333. The minimum atomic E-state index is -0.167. The Balaban J connectivity index is 2.38. The van der Waals surface area contributed by atoms with Gasteiger partial charge in [-0.25, -0.2) is 4.39 Å². The molecule has 0 spiro atoms. The average molecular weight is 350 g/mol. The van der Waals surface area contributed by atoms with Crippen LogP contribution in [0.1, 0.15) is 33.9 Å². The summed E-state index contributed by atoms with van der Waals surface area (Å²) < 4.78 is 15.0. The van der Waals surface area contributed by atoms with Gasteiger partial charge in [0.15, 0.2) is 0 Å². The third-order valence-electron chi connectivity index (χ3n) is 3.93. The van der Waals surface area contributed by atoms with E-state index in [-0.39, 0.29) is 11.9 Å². The van der Waals surface area contributed by atoms with Crippen molar-refractivity contribution in [1.29, 1.82) is 0 Å². The van der Waals surface area contributed by atoms with Crippen LogP contribution in [0.25, 0.3) is 0 Å². The Kier molecular flexibility index (Phi) is 5.17. The van der Waals surface area contributed by atoms with E-state index in [0.29, 0.717) is 5.56 Å². The maximum atomic E-state index is 14.1. The zero-order valence-electron chi connectivity index (χ0n) is 12.9. The Morgan fingerprint density at radius 3 is 2.29 bits per heavy atom. The molecule has 2 aromatic carbocycles. The molecule has 0 aliphatic carbocycles. The topological polar surface area (TPSA) is 12.0 Å². The van der Waals surface area contributed by atoms with Crippen LogP contribution >= 0.6 is 15.9 Å². The van der Waals surface area contributed by atoms with Crippen molar-refractivity contribution in [2.45, 2.75) is 33.2 Å². The lowest BCUT2D eigenvalue weighted by Crippen LogP contribution is -2.21.